The van der Waals surface area contributed by atoms with E-state index >= 15 is 0 Å². The van der Waals surface area contributed by atoms with Crippen molar-refractivity contribution in [1.29, 1.82) is 0 Å². The summed E-state index contributed by atoms with van der Waals surface area (Å²) in [6, 6.07) is 9.77. The van der Waals surface area contributed by atoms with Gasteiger partial charge in [0, 0.05) is 37.0 Å². The van der Waals surface area contributed by atoms with Gasteiger partial charge in [0.05, 0.1) is 53.9 Å². The Morgan fingerprint density at radius 3 is 1.30 bits per heavy atom. The molecule has 12 nitrogen and oxygen atoms in total. The van der Waals surface area contributed by atoms with Crippen molar-refractivity contribution in [2.45, 2.75) is 303 Å². The Kier molecular flexibility index (Phi) is 33.1. The fourth-order valence-electron chi connectivity index (χ4n) is 10.4. The maximum absolute atomic E-state index is 13.5. The van der Waals surface area contributed by atoms with Gasteiger partial charge in [-0.25, -0.2) is 0 Å². The monoisotopic (exact) mass is 1450 g/mol. The van der Waals surface area contributed by atoms with Gasteiger partial charge in [-0.15, -0.1) is 0 Å². The number of halogens is 6. The van der Waals surface area contributed by atoms with Crippen molar-refractivity contribution in [3.8, 4) is 11.5 Å². The largest absolute Gasteiger partial charge is 0.491 e. The van der Waals surface area contributed by atoms with Crippen molar-refractivity contribution in [1.82, 2.24) is 0 Å². The van der Waals surface area contributed by atoms with E-state index in [1.807, 2.05) is 58.1 Å². The number of carbonyl (C=O) groups is 3. The van der Waals surface area contributed by atoms with E-state index in [-0.39, 0.29) is 111 Å². The molecule has 2 aromatic rings. The summed E-state index contributed by atoms with van der Waals surface area (Å²) in [4.78, 5) is 37.3. The van der Waals surface area contributed by atoms with E-state index in [4.69, 9.17) is 36.7 Å². The number of unbranched alkanes of at least 4 members (excludes halogenated alkanes) is 2. The highest BCUT2D eigenvalue weighted by atomic mass is 28.4. The smallest absolute Gasteiger partial charge is 0.416 e. The molecule has 2 saturated carbocycles. The molecule has 2 aliphatic carbocycles. The number of hydrogen-bond acceptors (Lipinski definition) is 12. The molecule has 0 spiro atoms. The first-order valence-corrected chi connectivity index (χ1v) is 46.9. The molecule has 4 unspecified atom stereocenters. The van der Waals surface area contributed by atoms with Gasteiger partial charge in [-0.3, -0.25) is 14.4 Å². The number of hydrogen-bond donors (Lipinski definition) is 1. The lowest BCUT2D eigenvalue weighted by atomic mass is 9.89. The predicted molar refractivity (Wildman–Crippen MR) is 392 cm³/mol. The molecule has 1 N–H and O–H groups in total. The van der Waals surface area contributed by atoms with Gasteiger partial charge in [0.25, 0.3) is 0 Å². The zero-order chi connectivity index (χ0) is 74.8. The second-order valence-corrected chi connectivity index (χ2v) is 52.3. The number of ketones is 1. The van der Waals surface area contributed by atoms with Crippen LogP contribution in [0.4, 0.5) is 26.3 Å². The Labute approximate surface area is 589 Å². The third-order valence-corrected chi connectivity index (χ3v) is 38.2. The van der Waals surface area contributed by atoms with Gasteiger partial charge in [0.1, 0.15) is 30.5 Å². The lowest BCUT2D eigenvalue weighted by Crippen LogP contribution is -2.45. The van der Waals surface area contributed by atoms with Gasteiger partial charge in [-0.1, -0.05) is 144 Å². The van der Waals surface area contributed by atoms with E-state index in [1.54, 1.807) is 0 Å². The molecular formula is C76H124F6O12Si4. The molecule has 2 fully saturated rings. The number of esters is 2. The van der Waals surface area contributed by atoms with Gasteiger partial charge >= 0.3 is 24.3 Å². The van der Waals surface area contributed by atoms with Crippen LogP contribution in [-0.4, -0.2) is 112 Å². The molecule has 22 heteroatoms. The summed E-state index contributed by atoms with van der Waals surface area (Å²) in [5, 5.41) is 11.1. The molecule has 9 atom stereocenters. The maximum atomic E-state index is 13.5. The fourth-order valence-corrected chi connectivity index (χ4v) is 15.6. The second-order valence-electron chi connectivity index (χ2n) is 33.3. The Bertz CT molecular complexity index is 2930. The third kappa shape index (κ3) is 28.9. The molecule has 0 bridgehead atoms. The summed E-state index contributed by atoms with van der Waals surface area (Å²) in [7, 11) is -9.07. The van der Waals surface area contributed by atoms with Crippen LogP contribution in [0.25, 0.3) is 0 Å². The highest BCUT2D eigenvalue weighted by Crippen LogP contribution is 2.47. The van der Waals surface area contributed by atoms with Crippen molar-refractivity contribution >= 4 is 51.0 Å². The maximum Gasteiger partial charge on any atom is 0.416 e. The van der Waals surface area contributed by atoms with E-state index in [1.165, 1.54) is 24.3 Å². The summed E-state index contributed by atoms with van der Waals surface area (Å²) in [6.45, 7) is 50.6. The number of allylic oxidation sites excluding steroid dienone is 4. The van der Waals surface area contributed by atoms with Gasteiger partial charge in [-0.2, -0.15) is 26.3 Å². The number of benzene rings is 2. The summed E-state index contributed by atoms with van der Waals surface area (Å²) in [6.07, 6.45) is 10.3. The lowest BCUT2D eigenvalue weighted by molar-refractivity contribution is -0.148. The van der Waals surface area contributed by atoms with Crippen molar-refractivity contribution < 1.29 is 82.5 Å². The number of alkyl halides is 6. The molecule has 0 saturated heterocycles. The number of aliphatic hydroxyl groups excluding tert-OH is 1. The molecule has 0 heterocycles. The van der Waals surface area contributed by atoms with Gasteiger partial charge in [0.15, 0.2) is 33.3 Å². The first kappa shape index (κ1) is 88.1. The minimum absolute atomic E-state index is 0.0164. The normalized spacial score (nSPS) is 21.2. The van der Waals surface area contributed by atoms with Crippen LogP contribution in [0, 0.1) is 23.7 Å². The number of carbonyl (C=O) groups excluding carboxylic acids is 3. The molecule has 0 amide bonds. The zero-order valence-corrected chi connectivity index (χ0v) is 67.8. The number of ether oxygens (including phenoxy) is 4. The van der Waals surface area contributed by atoms with Crippen molar-refractivity contribution in [3.05, 3.63) is 108 Å². The first-order valence-electron chi connectivity index (χ1n) is 35.3. The molecule has 558 valence electrons. The summed E-state index contributed by atoms with van der Waals surface area (Å²) >= 11 is 0. The molecule has 0 aliphatic heterocycles. The minimum atomic E-state index is -4.48. The van der Waals surface area contributed by atoms with Gasteiger partial charge in [0.2, 0.25) is 0 Å². The van der Waals surface area contributed by atoms with Crippen LogP contribution < -0.4 is 9.47 Å². The van der Waals surface area contributed by atoms with Crippen LogP contribution >= 0.6 is 0 Å². The van der Waals surface area contributed by atoms with Crippen LogP contribution in [0.15, 0.2) is 97.1 Å². The Morgan fingerprint density at radius 1 is 0.541 bits per heavy atom. The quantitative estimate of drug-likeness (QED) is 0.0245. The average molecular weight is 1460 g/mol. The summed E-state index contributed by atoms with van der Waals surface area (Å²) in [5.41, 5.74) is -1.54. The topological polar surface area (TPSA) is 145 Å². The van der Waals surface area contributed by atoms with Gasteiger partial charge in [-0.05, 0) is 187 Å². The fraction of sp³-hybridized carbons (Fsp3) is 0.697. The highest BCUT2D eigenvalue weighted by molar-refractivity contribution is 6.75. The lowest BCUT2D eigenvalue weighted by Gasteiger charge is -2.40. The average Bonchev–Trinajstić information content (AvgIpc) is 1.63. The molecule has 98 heavy (non-hydrogen) atoms. The summed E-state index contributed by atoms with van der Waals surface area (Å²) in [5.74, 6) is -0.762. The molecule has 2 aliphatic rings. The number of rotatable bonds is 32. The van der Waals surface area contributed by atoms with Crippen LogP contribution in [0.5, 0.6) is 11.5 Å². The van der Waals surface area contributed by atoms with E-state index in [9.17, 15) is 45.8 Å². The van der Waals surface area contributed by atoms with Crippen molar-refractivity contribution in [3.63, 3.8) is 0 Å². The second kappa shape index (κ2) is 36.8. The Balaban J connectivity index is 0.000000510. The third-order valence-electron chi connectivity index (χ3n) is 20.2. The van der Waals surface area contributed by atoms with E-state index in [0.717, 1.165) is 30.7 Å². The minimum Gasteiger partial charge on any atom is -0.491 e. The first-order chi connectivity index (χ1) is 44.7. The highest BCUT2D eigenvalue weighted by Gasteiger charge is 2.49. The molecule has 2 aromatic carbocycles. The molecule has 0 aromatic heterocycles. The number of aliphatic hydroxyl groups is 1. The standard InChI is InChI=1S/C38H63F3O6Si2.C38H61F3O6Si2/c2*1-27(2)45-35(43)21-16-14-13-15-20-31-32(34(25-33(31)42)47-49(11,12)37(6,7)8)23-22-30(46-48(9,10)36(3,4)5)26-44-29-19-17-18-28(24-29)38(39,40)41/h13,15,17-19,22-24,27,30-34,42H,14,16,20-21,25-26H2,1-12H3;13,15,17-19,22-24,27,30-32,34H,14,16,20-21,25-26H2,1-12H3/b2*15-13-,23-22+/t30?,31-,32-,33+,34?;30?,31-,32-,34?/m11/s1. The number of Topliss-reactive ketones (excluding diaryl/α,β-unsaturated/α-hetero) is 1. The zero-order valence-electron chi connectivity index (χ0n) is 63.8. The molecular weight excluding hydrogens is 1330 g/mol. The van der Waals surface area contributed by atoms with Crippen LogP contribution in [0.1, 0.15) is 186 Å². The van der Waals surface area contributed by atoms with Crippen molar-refractivity contribution in [2.75, 3.05) is 13.2 Å². The van der Waals surface area contributed by atoms with Crippen LogP contribution in [-0.2, 0) is 53.9 Å². The van der Waals surface area contributed by atoms with Gasteiger partial charge < -0.3 is 41.8 Å². The van der Waals surface area contributed by atoms with Crippen molar-refractivity contribution in [2.24, 2.45) is 23.7 Å². The molecule has 4 rings (SSSR count). The van der Waals surface area contributed by atoms with Crippen LogP contribution in [0.2, 0.25) is 72.5 Å². The van der Waals surface area contributed by atoms with E-state index in [0.29, 0.717) is 57.8 Å². The summed E-state index contributed by atoms with van der Waals surface area (Å²) < 4.78 is 130. The van der Waals surface area contributed by atoms with E-state index < -0.39 is 75.1 Å². The molecule has 0 radical (unpaired) electrons. The Hall–Kier alpha value is -4.14. The SMILES string of the molecule is CC(C)OC(=O)CCC/C=C\C[C@H]1C(=O)CC(O[Si](C)(C)C(C)(C)C)[C@@H]1/C=C/C(COc1cccc(C(F)(F)F)c1)O[Si](C)(C)C(C)(C)C.CC(C)OC(=O)CCC/C=C\C[C@H]1[C@@H](O)CC(O[Si](C)(C)C(C)(C)C)[C@@H]1/C=C/C(COc1cccc(C(F)(F)F)c1)O[Si](C)(C)C(C)(C)C. The predicted octanol–water partition coefficient (Wildman–Crippen LogP) is 21.2. The van der Waals surface area contributed by atoms with E-state index in [2.05, 4.69) is 154 Å². The van der Waals surface area contributed by atoms with Crippen LogP contribution in [0.3, 0.4) is 0 Å². The Morgan fingerprint density at radius 2 is 0.918 bits per heavy atom.